The maximum atomic E-state index is 13.7. The summed E-state index contributed by atoms with van der Waals surface area (Å²) in [6, 6.07) is 11.8. The monoisotopic (exact) mass is 274 g/mol. The van der Waals surface area contributed by atoms with Gasteiger partial charge in [-0.2, -0.15) is 0 Å². The number of halogens is 2. The normalized spacial score (nSPS) is 16.1. The fourth-order valence-electron chi connectivity index (χ4n) is 2.60. The second kappa shape index (κ2) is 5.33. The Labute approximate surface area is 116 Å². The van der Waals surface area contributed by atoms with Crippen LogP contribution < -0.4 is 0 Å². The minimum Gasteiger partial charge on any atom is -0.388 e. The van der Waals surface area contributed by atoms with Gasteiger partial charge in [-0.3, -0.25) is 0 Å². The van der Waals surface area contributed by atoms with Crippen LogP contribution in [-0.2, 0) is 6.42 Å². The molecule has 0 saturated heterocycles. The molecule has 0 aliphatic heterocycles. The lowest BCUT2D eigenvalue weighted by atomic mass is 9.94. The highest BCUT2D eigenvalue weighted by Crippen LogP contribution is 2.43. The molecule has 0 amide bonds. The Morgan fingerprint density at radius 1 is 1.05 bits per heavy atom. The summed E-state index contributed by atoms with van der Waals surface area (Å²) >= 11 is 0. The van der Waals surface area contributed by atoms with Crippen LogP contribution in [0, 0.1) is 11.6 Å². The molecule has 1 N–H and O–H groups in total. The molecule has 1 aliphatic carbocycles. The quantitative estimate of drug-likeness (QED) is 0.889. The molecule has 1 aliphatic rings. The van der Waals surface area contributed by atoms with Crippen LogP contribution in [0.25, 0.3) is 0 Å². The molecule has 104 valence electrons. The van der Waals surface area contributed by atoms with Crippen molar-refractivity contribution < 1.29 is 13.9 Å². The molecule has 0 radical (unpaired) electrons. The van der Waals surface area contributed by atoms with Gasteiger partial charge in [-0.1, -0.05) is 36.4 Å². The van der Waals surface area contributed by atoms with Crippen molar-refractivity contribution in [1.29, 1.82) is 0 Å². The van der Waals surface area contributed by atoms with Crippen molar-refractivity contribution in [3.63, 3.8) is 0 Å². The summed E-state index contributed by atoms with van der Waals surface area (Å²) in [6.45, 7) is 0. The van der Waals surface area contributed by atoms with Crippen molar-refractivity contribution in [3.8, 4) is 0 Å². The average molecular weight is 274 g/mol. The maximum Gasteiger partial charge on any atom is 0.162 e. The van der Waals surface area contributed by atoms with Gasteiger partial charge in [0.2, 0.25) is 0 Å². The molecule has 2 aromatic rings. The zero-order chi connectivity index (χ0) is 14.1. The van der Waals surface area contributed by atoms with E-state index in [1.807, 2.05) is 24.3 Å². The van der Waals surface area contributed by atoms with Gasteiger partial charge in [0, 0.05) is 6.42 Å². The SMILES string of the molecule is OC(Cc1cccc(F)c1F)c1ccccc1C1CC1. The summed E-state index contributed by atoms with van der Waals surface area (Å²) in [5.74, 6) is -1.22. The van der Waals surface area contributed by atoms with E-state index in [0.717, 1.165) is 30.0 Å². The highest BCUT2D eigenvalue weighted by Gasteiger charge is 2.27. The van der Waals surface area contributed by atoms with Gasteiger partial charge in [-0.05, 0) is 41.5 Å². The van der Waals surface area contributed by atoms with Gasteiger partial charge in [0.15, 0.2) is 11.6 Å². The lowest BCUT2D eigenvalue weighted by molar-refractivity contribution is 0.175. The molecule has 1 atom stereocenters. The van der Waals surface area contributed by atoms with Crippen LogP contribution >= 0.6 is 0 Å². The van der Waals surface area contributed by atoms with E-state index < -0.39 is 17.7 Å². The Morgan fingerprint density at radius 3 is 2.55 bits per heavy atom. The third-order valence-corrected chi connectivity index (χ3v) is 3.82. The minimum absolute atomic E-state index is 0.0906. The van der Waals surface area contributed by atoms with Crippen molar-refractivity contribution >= 4 is 0 Å². The lowest BCUT2D eigenvalue weighted by Crippen LogP contribution is -2.07. The molecule has 0 heterocycles. The van der Waals surface area contributed by atoms with Gasteiger partial charge in [-0.15, -0.1) is 0 Å². The highest BCUT2D eigenvalue weighted by atomic mass is 19.2. The van der Waals surface area contributed by atoms with Crippen LogP contribution in [0.1, 0.15) is 41.6 Å². The van der Waals surface area contributed by atoms with Crippen LogP contribution in [0.15, 0.2) is 42.5 Å². The van der Waals surface area contributed by atoms with Crippen molar-refractivity contribution in [2.24, 2.45) is 0 Å². The predicted octanol–water partition coefficient (Wildman–Crippen LogP) is 4.12. The molecule has 0 spiro atoms. The zero-order valence-corrected chi connectivity index (χ0v) is 11.0. The highest BCUT2D eigenvalue weighted by molar-refractivity contribution is 5.36. The Hall–Kier alpha value is -1.74. The van der Waals surface area contributed by atoms with E-state index in [1.54, 1.807) is 0 Å². The molecule has 1 fully saturated rings. The van der Waals surface area contributed by atoms with E-state index >= 15 is 0 Å². The van der Waals surface area contributed by atoms with Crippen LogP contribution in [0.5, 0.6) is 0 Å². The first-order valence-electron chi connectivity index (χ1n) is 6.86. The van der Waals surface area contributed by atoms with Gasteiger partial charge in [0.05, 0.1) is 6.10 Å². The summed E-state index contributed by atoms with van der Waals surface area (Å²) in [7, 11) is 0. The molecule has 1 saturated carbocycles. The number of hydrogen-bond acceptors (Lipinski definition) is 1. The summed E-state index contributed by atoms with van der Waals surface area (Å²) in [6.07, 6.45) is 1.56. The average Bonchev–Trinajstić information content (AvgIpc) is 3.28. The zero-order valence-electron chi connectivity index (χ0n) is 11.0. The van der Waals surface area contributed by atoms with E-state index in [1.165, 1.54) is 12.1 Å². The van der Waals surface area contributed by atoms with Crippen molar-refractivity contribution in [3.05, 3.63) is 70.8 Å². The Kier molecular flexibility index (Phi) is 3.53. The molecule has 1 unspecified atom stereocenters. The molecule has 1 nitrogen and oxygen atoms in total. The largest absolute Gasteiger partial charge is 0.388 e. The lowest BCUT2D eigenvalue weighted by Gasteiger charge is -2.16. The number of hydrogen-bond donors (Lipinski definition) is 1. The van der Waals surface area contributed by atoms with E-state index in [4.69, 9.17) is 0 Å². The van der Waals surface area contributed by atoms with Crippen molar-refractivity contribution in [2.45, 2.75) is 31.3 Å². The number of aliphatic hydroxyl groups excluding tert-OH is 1. The van der Waals surface area contributed by atoms with Gasteiger partial charge >= 0.3 is 0 Å². The molecular formula is C17H16F2O. The Bertz CT molecular complexity index is 620. The fourth-order valence-corrected chi connectivity index (χ4v) is 2.60. The first kappa shape index (κ1) is 13.3. The van der Waals surface area contributed by atoms with Crippen molar-refractivity contribution in [1.82, 2.24) is 0 Å². The van der Waals surface area contributed by atoms with Gasteiger partial charge in [0.1, 0.15) is 0 Å². The van der Waals surface area contributed by atoms with Crippen molar-refractivity contribution in [2.75, 3.05) is 0 Å². The second-order valence-electron chi connectivity index (χ2n) is 5.34. The second-order valence-corrected chi connectivity index (χ2v) is 5.34. The smallest absolute Gasteiger partial charge is 0.162 e. The number of benzene rings is 2. The molecule has 0 bridgehead atoms. The van der Waals surface area contributed by atoms with Gasteiger partial charge in [0.25, 0.3) is 0 Å². The summed E-state index contributed by atoms with van der Waals surface area (Å²) in [5, 5.41) is 10.4. The first-order chi connectivity index (χ1) is 9.66. The Balaban J connectivity index is 1.86. The maximum absolute atomic E-state index is 13.7. The minimum atomic E-state index is -0.870. The first-order valence-corrected chi connectivity index (χ1v) is 6.86. The third kappa shape index (κ3) is 2.59. The summed E-state index contributed by atoms with van der Waals surface area (Å²) in [5.41, 5.74) is 2.18. The van der Waals surface area contributed by atoms with Gasteiger partial charge in [-0.25, -0.2) is 8.78 Å². The number of aliphatic hydroxyl groups is 1. The molecule has 0 aromatic heterocycles. The number of rotatable bonds is 4. The molecular weight excluding hydrogens is 258 g/mol. The van der Waals surface area contributed by atoms with E-state index in [2.05, 4.69) is 0 Å². The van der Waals surface area contributed by atoms with E-state index in [0.29, 0.717) is 5.92 Å². The summed E-state index contributed by atoms with van der Waals surface area (Å²) in [4.78, 5) is 0. The van der Waals surface area contributed by atoms with Crippen LogP contribution in [0.4, 0.5) is 8.78 Å². The van der Waals surface area contributed by atoms with Crippen LogP contribution in [-0.4, -0.2) is 5.11 Å². The van der Waals surface area contributed by atoms with Crippen LogP contribution in [0.3, 0.4) is 0 Å². The standard InChI is InChI=1S/C17H16F2O/c18-15-7-3-4-12(17(15)19)10-16(20)14-6-2-1-5-13(14)11-8-9-11/h1-7,11,16,20H,8-10H2. The Morgan fingerprint density at radius 2 is 1.80 bits per heavy atom. The third-order valence-electron chi connectivity index (χ3n) is 3.82. The van der Waals surface area contributed by atoms with E-state index in [9.17, 15) is 13.9 Å². The van der Waals surface area contributed by atoms with Gasteiger partial charge < -0.3 is 5.11 Å². The molecule has 3 rings (SSSR count). The molecule has 2 aromatic carbocycles. The topological polar surface area (TPSA) is 20.2 Å². The van der Waals surface area contributed by atoms with Crippen LogP contribution in [0.2, 0.25) is 0 Å². The van der Waals surface area contributed by atoms with E-state index in [-0.39, 0.29) is 12.0 Å². The summed E-state index contributed by atoms with van der Waals surface area (Å²) < 4.78 is 26.9. The molecule has 3 heteroatoms. The molecule has 20 heavy (non-hydrogen) atoms. The fraction of sp³-hybridized carbons (Fsp3) is 0.294. The predicted molar refractivity (Wildman–Crippen MR) is 73.4 cm³/mol.